The molecule has 0 amide bonds. The van der Waals surface area contributed by atoms with Crippen LogP contribution in [0.15, 0.2) is 47.8 Å². The van der Waals surface area contributed by atoms with Crippen molar-refractivity contribution in [2.75, 3.05) is 11.1 Å². The number of nitrogens with one attached hydrogen (secondary N) is 1. The van der Waals surface area contributed by atoms with Crippen LogP contribution in [0.3, 0.4) is 0 Å². The van der Waals surface area contributed by atoms with E-state index >= 15 is 0 Å². The van der Waals surface area contributed by atoms with Gasteiger partial charge in [0.05, 0.1) is 11.3 Å². The molecule has 5 N–H and O–H groups in total. The zero-order valence-corrected chi connectivity index (χ0v) is 15.1. The number of thiazole rings is 1. The number of alkyl halides is 3. The monoisotopic (exact) mass is 434 g/mol. The van der Waals surface area contributed by atoms with Crippen LogP contribution in [0, 0.1) is 0 Å². The Morgan fingerprint density at radius 2 is 1.72 bits per heavy atom. The fourth-order valence-corrected chi connectivity index (χ4v) is 2.66. The van der Waals surface area contributed by atoms with Crippen LogP contribution in [0.5, 0.6) is 0 Å². The topological polar surface area (TPSA) is 95.3 Å². The van der Waals surface area contributed by atoms with Crippen molar-refractivity contribution in [1.29, 1.82) is 0 Å². The number of halogens is 4. The highest BCUT2D eigenvalue weighted by Crippen LogP contribution is 2.32. The number of benzene rings is 1. The molecule has 0 aliphatic carbocycles. The second-order valence-electron chi connectivity index (χ2n) is 4.69. The number of rotatable bonds is 3. The van der Waals surface area contributed by atoms with Crippen molar-refractivity contribution in [3.05, 3.63) is 53.4 Å². The Hall–Kier alpha value is -2.17. The van der Waals surface area contributed by atoms with Crippen molar-refractivity contribution in [3.8, 4) is 11.4 Å². The number of aromatic nitrogens is 2. The smallest absolute Gasteiger partial charge is 0.412 e. The van der Waals surface area contributed by atoms with Gasteiger partial charge in [0.25, 0.3) is 0 Å². The molecular formula is C15H14BrF3N4OS. The molecule has 0 aliphatic rings. The Bertz CT molecular complexity index is 841. The predicted molar refractivity (Wildman–Crippen MR) is 98.4 cm³/mol. The summed E-state index contributed by atoms with van der Waals surface area (Å²) < 4.78 is 38.1. The van der Waals surface area contributed by atoms with Gasteiger partial charge in [-0.15, -0.1) is 28.3 Å². The molecule has 0 fully saturated rings. The highest BCUT2D eigenvalue weighted by atomic mass is 79.9. The number of hydrogen-bond donors (Lipinski definition) is 2. The van der Waals surface area contributed by atoms with Gasteiger partial charge in [-0.3, -0.25) is 0 Å². The van der Waals surface area contributed by atoms with Gasteiger partial charge in [-0.1, -0.05) is 12.1 Å². The van der Waals surface area contributed by atoms with E-state index in [1.165, 1.54) is 17.4 Å². The van der Waals surface area contributed by atoms with E-state index in [1.807, 2.05) is 0 Å². The first-order valence-electron chi connectivity index (χ1n) is 6.54. The third-order valence-electron chi connectivity index (χ3n) is 2.98. The average Bonchev–Trinajstić information content (AvgIpc) is 2.95. The molecule has 10 heteroatoms. The third-order valence-corrected chi connectivity index (χ3v) is 3.74. The summed E-state index contributed by atoms with van der Waals surface area (Å²) in [4.78, 5) is 8.47. The normalized spacial score (nSPS) is 10.5. The molecule has 134 valence electrons. The van der Waals surface area contributed by atoms with E-state index in [4.69, 9.17) is 5.73 Å². The minimum absolute atomic E-state index is 0. The summed E-state index contributed by atoms with van der Waals surface area (Å²) in [5, 5.41) is 5.11. The molecule has 2 aromatic heterocycles. The van der Waals surface area contributed by atoms with Gasteiger partial charge < -0.3 is 16.5 Å². The highest BCUT2D eigenvalue weighted by molar-refractivity contribution is 8.93. The molecule has 2 heterocycles. The maximum Gasteiger partial charge on any atom is 0.416 e. The number of nitrogens with zero attached hydrogens (tertiary/aromatic N) is 2. The molecule has 3 rings (SSSR count). The lowest BCUT2D eigenvalue weighted by Crippen LogP contribution is -2.05. The lowest BCUT2D eigenvalue weighted by Gasteiger charge is -2.08. The lowest BCUT2D eigenvalue weighted by molar-refractivity contribution is -0.137. The third kappa shape index (κ3) is 5.15. The minimum Gasteiger partial charge on any atom is -0.412 e. The van der Waals surface area contributed by atoms with Gasteiger partial charge in [-0.2, -0.15) is 13.2 Å². The van der Waals surface area contributed by atoms with Crippen molar-refractivity contribution in [2.24, 2.45) is 0 Å². The Morgan fingerprint density at radius 1 is 1.00 bits per heavy atom. The number of nitrogens with two attached hydrogens (primary N) is 1. The van der Waals surface area contributed by atoms with Gasteiger partial charge in [0.15, 0.2) is 5.13 Å². The molecule has 0 radical (unpaired) electrons. The zero-order valence-electron chi connectivity index (χ0n) is 12.5. The number of nitrogen functional groups attached to an aromatic ring is 1. The van der Waals surface area contributed by atoms with Gasteiger partial charge in [0, 0.05) is 11.1 Å². The first-order chi connectivity index (χ1) is 10.9. The Morgan fingerprint density at radius 3 is 2.40 bits per heavy atom. The summed E-state index contributed by atoms with van der Waals surface area (Å²) in [5.41, 5.74) is 6.45. The van der Waals surface area contributed by atoms with E-state index in [9.17, 15) is 13.2 Å². The van der Waals surface area contributed by atoms with Gasteiger partial charge in [0.2, 0.25) is 0 Å². The second kappa shape index (κ2) is 8.28. The summed E-state index contributed by atoms with van der Waals surface area (Å²) >= 11 is 1.27. The van der Waals surface area contributed by atoms with Crippen LogP contribution in [0.4, 0.5) is 29.8 Å². The van der Waals surface area contributed by atoms with Crippen molar-refractivity contribution in [3.63, 3.8) is 0 Å². The van der Waals surface area contributed by atoms with Crippen LogP contribution in [0.2, 0.25) is 0 Å². The Kier molecular flexibility index (Phi) is 6.91. The largest absolute Gasteiger partial charge is 0.416 e. The standard InChI is InChI=1S/C15H11F3N4S.BrH.H2O/c16-15(17,18)9-3-1-4-10(7-9)20-14-22-12(8-23-14)11-5-2-6-13(19)21-11;;/h1-8H,(H2,19,21)(H,20,22);1H;1H2. The summed E-state index contributed by atoms with van der Waals surface area (Å²) in [6.45, 7) is 0. The second-order valence-corrected chi connectivity index (χ2v) is 5.55. The van der Waals surface area contributed by atoms with E-state index in [-0.39, 0.29) is 22.5 Å². The van der Waals surface area contributed by atoms with Crippen molar-refractivity contribution in [2.45, 2.75) is 6.18 Å². The molecule has 0 saturated carbocycles. The molecular weight excluding hydrogens is 421 g/mol. The van der Waals surface area contributed by atoms with E-state index in [0.29, 0.717) is 28.0 Å². The van der Waals surface area contributed by atoms with Crippen LogP contribution >= 0.6 is 28.3 Å². The number of pyridine rings is 1. The van der Waals surface area contributed by atoms with Crippen LogP contribution in [-0.2, 0) is 6.18 Å². The number of hydrogen-bond acceptors (Lipinski definition) is 5. The lowest BCUT2D eigenvalue weighted by atomic mass is 10.2. The Balaban J connectivity index is 0.00000156. The number of anilines is 3. The molecule has 25 heavy (non-hydrogen) atoms. The van der Waals surface area contributed by atoms with Gasteiger partial charge in [0.1, 0.15) is 11.5 Å². The summed E-state index contributed by atoms with van der Waals surface area (Å²) in [5.74, 6) is 0.378. The molecule has 3 aromatic rings. The average molecular weight is 435 g/mol. The van der Waals surface area contributed by atoms with Gasteiger partial charge in [-0.25, -0.2) is 9.97 Å². The maximum absolute atomic E-state index is 12.7. The molecule has 0 saturated heterocycles. The van der Waals surface area contributed by atoms with Crippen LogP contribution in [0.25, 0.3) is 11.4 Å². The van der Waals surface area contributed by atoms with Crippen molar-refractivity contribution < 1.29 is 18.6 Å². The first-order valence-corrected chi connectivity index (χ1v) is 7.42. The van der Waals surface area contributed by atoms with Gasteiger partial charge >= 0.3 is 6.18 Å². The fraction of sp³-hybridized carbons (Fsp3) is 0.0667. The van der Waals surface area contributed by atoms with Crippen LogP contribution in [0.1, 0.15) is 5.56 Å². The van der Waals surface area contributed by atoms with E-state index < -0.39 is 11.7 Å². The van der Waals surface area contributed by atoms with E-state index in [1.54, 1.807) is 29.6 Å². The minimum atomic E-state index is -4.38. The van der Waals surface area contributed by atoms with Crippen LogP contribution in [-0.4, -0.2) is 15.4 Å². The van der Waals surface area contributed by atoms with E-state index in [0.717, 1.165) is 12.1 Å². The molecule has 0 spiro atoms. The van der Waals surface area contributed by atoms with E-state index in [2.05, 4.69) is 15.3 Å². The van der Waals surface area contributed by atoms with Crippen molar-refractivity contribution >= 4 is 45.0 Å². The van der Waals surface area contributed by atoms with Crippen molar-refractivity contribution in [1.82, 2.24) is 9.97 Å². The van der Waals surface area contributed by atoms with Gasteiger partial charge in [-0.05, 0) is 30.3 Å². The fourth-order valence-electron chi connectivity index (χ4n) is 1.94. The summed E-state index contributed by atoms with van der Waals surface area (Å²) in [6.07, 6.45) is -4.38. The Labute approximate surface area is 155 Å². The summed E-state index contributed by atoms with van der Waals surface area (Å²) in [7, 11) is 0. The highest BCUT2D eigenvalue weighted by Gasteiger charge is 2.30. The zero-order chi connectivity index (χ0) is 16.4. The molecule has 0 atom stereocenters. The predicted octanol–water partition coefficient (Wildman–Crippen LogP) is 4.30. The summed E-state index contributed by atoms with van der Waals surface area (Å²) in [6, 6.07) is 10.1. The van der Waals surface area contributed by atoms with Crippen LogP contribution < -0.4 is 11.1 Å². The molecule has 0 bridgehead atoms. The molecule has 5 nitrogen and oxygen atoms in total. The molecule has 0 aliphatic heterocycles. The first kappa shape index (κ1) is 20.9. The molecule has 0 unspecified atom stereocenters. The molecule has 1 aromatic carbocycles. The maximum atomic E-state index is 12.7. The SMILES string of the molecule is Br.Nc1cccc(-c2csc(Nc3cccc(C(F)(F)F)c3)n2)n1.O. The quantitative estimate of drug-likeness (QED) is 0.641.